The van der Waals surface area contributed by atoms with Gasteiger partial charge in [0.05, 0.1) is 11.5 Å². The van der Waals surface area contributed by atoms with Gasteiger partial charge in [-0.15, -0.1) is 22.7 Å². The lowest BCUT2D eigenvalue weighted by molar-refractivity contribution is 0.0953. The van der Waals surface area contributed by atoms with Crippen LogP contribution in [0.2, 0.25) is 0 Å². The summed E-state index contributed by atoms with van der Waals surface area (Å²) in [6, 6.07) is 0. The summed E-state index contributed by atoms with van der Waals surface area (Å²) in [5, 5.41) is 15.4. The maximum atomic E-state index is 13.1. The zero-order valence-electron chi connectivity index (χ0n) is 14.1. The average Bonchev–Trinajstić information content (AvgIpc) is 3.30. The lowest BCUT2D eigenvalue weighted by Gasteiger charge is -2.10. The lowest BCUT2D eigenvalue weighted by atomic mass is 10.1. The highest BCUT2D eigenvalue weighted by molar-refractivity contribution is 7.21. The van der Waals surface area contributed by atoms with E-state index in [1.54, 1.807) is 31.3 Å². The first-order valence-electron chi connectivity index (χ1n) is 8.05. The molecule has 2 aromatic heterocycles. The third-order valence-corrected chi connectivity index (χ3v) is 5.61. The number of aliphatic hydroxyl groups is 1. The molecule has 1 amide bonds. The molecule has 1 unspecified atom stereocenters. The first kappa shape index (κ1) is 18.6. The zero-order chi connectivity index (χ0) is 18.5. The van der Waals surface area contributed by atoms with Gasteiger partial charge < -0.3 is 10.4 Å². The molecule has 2 aromatic rings. The number of aliphatic hydroxyl groups excluding tert-OH is 1. The first-order chi connectivity index (χ1) is 12.6. The van der Waals surface area contributed by atoms with Gasteiger partial charge in [0.2, 0.25) is 0 Å². The molecule has 26 heavy (non-hydrogen) atoms. The molecule has 1 atom stereocenters. The number of allylic oxidation sites excluding steroid dienone is 2. The number of rotatable bonds is 6. The van der Waals surface area contributed by atoms with Gasteiger partial charge in [-0.1, -0.05) is 18.2 Å². The monoisotopic (exact) mass is 391 g/mol. The lowest BCUT2D eigenvalue weighted by Crippen LogP contribution is -2.26. The fraction of sp³-hybridized carbons (Fsp3) is 0.278. The molecule has 1 aliphatic carbocycles. The van der Waals surface area contributed by atoms with Gasteiger partial charge in [-0.05, 0) is 24.1 Å². The number of nitrogens with zero attached hydrogens (tertiary/aromatic N) is 2. The first-order valence-corrected chi connectivity index (χ1v) is 9.74. The Kier molecular flexibility index (Phi) is 6.08. The maximum absolute atomic E-state index is 13.1. The van der Waals surface area contributed by atoms with E-state index in [0.29, 0.717) is 28.5 Å². The second-order valence-corrected chi connectivity index (χ2v) is 7.72. The van der Waals surface area contributed by atoms with Crippen molar-refractivity contribution >= 4 is 34.7 Å². The van der Waals surface area contributed by atoms with E-state index in [2.05, 4.69) is 15.3 Å². The van der Waals surface area contributed by atoms with Gasteiger partial charge in [-0.2, -0.15) is 0 Å². The number of hydrogen-bond donors (Lipinski definition) is 2. The second-order valence-electron chi connectivity index (χ2n) is 5.79. The van der Waals surface area contributed by atoms with Crippen LogP contribution in [-0.4, -0.2) is 40.3 Å². The molecule has 0 bridgehead atoms. The van der Waals surface area contributed by atoms with Crippen LogP contribution in [-0.2, 0) is 0 Å². The summed E-state index contributed by atoms with van der Waals surface area (Å²) in [5.41, 5.74) is 1.91. The normalized spacial score (nSPS) is 17.3. The number of aromatic nitrogens is 2. The number of carbonyl (C=O) groups excluding carboxylic acids is 1. The molecule has 0 aromatic carbocycles. The molecule has 0 radical (unpaired) electrons. The van der Waals surface area contributed by atoms with E-state index in [-0.39, 0.29) is 12.5 Å². The Labute approximate surface area is 158 Å². The smallest absolute Gasteiger partial charge is 0.271 e. The zero-order valence-corrected chi connectivity index (χ0v) is 15.7. The molecule has 1 aliphatic rings. The van der Waals surface area contributed by atoms with Crippen LogP contribution in [0.3, 0.4) is 0 Å². The highest BCUT2D eigenvalue weighted by Crippen LogP contribution is 2.31. The summed E-state index contributed by atoms with van der Waals surface area (Å²) in [4.78, 5) is 22.0. The summed E-state index contributed by atoms with van der Waals surface area (Å²) < 4.78 is 13.1. The van der Waals surface area contributed by atoms with Crippen molar-refractivity contribution in [2.45, 2.75) is 19.5 Å². The van der Waals surface area contributed by atoms with Crippen LogP contribution in [0, 0.1) is 0 Å². The molecule has 0 spiro atoms. The summed E-state index contributed by atoms with van der Waals surface area (Å²) >= 11 is 2.81. The molecule has 0 fully saturated rings. The predicted molar refractivity (Wildman–Crippen MR) is 103 cm³/mol. The van der Waals surface area contributed by atoms with Crippen molar-refractivity contribution in [3.05, 3.63) is 51.5 Å². The molecule has 2 N–H and O–H groups in total. The molecule has 2 heterocycles. The Hall–Kier alpha value is -2.16. The predicted octanol–water partition coefficient (Wildman–Crippen LogP) is 3.62. The van der Waals surface area contributed by atoms with Crippen molar-refractivity contribution in [2.24, 2.45) is 0 Å². The van der Waals surface area contributed by atoms with Gasteiger partial charge in [0, 0.05) is 24.5 Å². The Morgan fingerprint density at radius 1 is 1.50 bits per heavy atom. The number of nitrogens with one attached hydrogen (secondary N) is 1. The quantitative estimate of drug-likeness (QED) is 0.789. The van der Waals surface area contributed by atoms with Gasteiger partial charge in [0.15, 0.2) is 10.0 Å². The minimum atomic E-state index is -0.952. The van der Waals surface area contributed by atoms with Crippen molar-refractivity contribution in [3.8, 4) is 10.0 Å². The molecular weight excluding hydrogens is 373 g/mol. The van der Waals surface area contributed by atoms with Crippen molar-refractivity contribution in [1.29, 1.82) is 0 Å². The van der Waals surface area contributed by atoms with Gasteiger partial charge in [0.1, 0.15) is 11.9 Å². The average molecular weight is 391 g/mol. The Balaban J connectivity index is 1.80. The summed E-state index contributed by atoms with van der Waals surface area (Å²) in [6.45, 7) is 2.01. The van der Waals surface area contributed by atoms with E-state index in [9.17, 15) is 14.3 Å². The van der Waals surface area contributed by atoms with Gasteiger partial charge in [0.25, 0.3) is 5.91 Å². The molecule has 0 aliphatic heterocycles. The Morgan fingerprint density at radius 2 is 2.35 bits per heavy atom. The molecular formula is C18H18FN3O2S2. The SMILES string of the molecule is C/C(=C\c1sc(-c2nccs2)nc1C(=O)NCC1=CCC(F)C=C1)CO. The minimum Gasteiger partial charge on any atom is -0.392 e. The van der Waals surface area contributed by atoms with E-state index in [4.69, 9.17) is 0 Å². The molecule has 3 rings (SSSR count). The summed E-state index contributed by atoms with van der Waals surface area (Å²) in [5.74, 6) is -0.308. The Morgan fingerprint density at radius 3 is 3.00 bits per heavy atom. The number of thiazole rings is 2. The van der Waals surface area contributed by atoms with Crippen molar-refractivity contribution < 1.29 is 14.3 Å². The van der Waals surface area contributed by atoms with Gasteiger partial charge in [-0.3, -0.25) is 4.79 Å². The van der Waals surface area contributed by atoms with Gasteiger partial charge >= 0.3 is 0 Å². The topological polar surface area (TPSA) is 75.1 Å². The van der Waals surface area contributed by atoms with Crippen LogP contribution in [0.5, 0.6) is 0 Å². The molecule has 0 saturated carbocycles. The van der Waals surface area contributed by atoms with E-state index < -0.39 is 6.17 Å². The van der Waals surface area contributed by atoms with Crippen LogP contribution < -0.4 is 5.32 Å². The summed E-state index contributed by atoms with van der Waals surface area (Å²) in [6.07, 6.45) is 7.79. The minimum absolute atomic E-state index is 0.0897. The fourth-order valence-electron chi connectivity index (χ4n) is 2.32. The molecule has 8 heteroatoms. The van der Waals surface area contributed by atoms with Crippen LogP contribution in [0.4, 0.5) is 4.39 Å². The van der Waals surface area contributed by atoms with Crippen LogP contribution >= 0.6 is 22.7 Å². The van der Waals surface area contributed by atoms with Crippen molar-refractivity contribution in [2.75, 3.05) is 13.2 Å². The molecule has 5 nitrogen and oxygen atoms in total. The molecule has 0 saturated heterocycles. The van der Waals surface area contributed by atoms with E-state index in [1.165, 1.54) is 28.7 Å². The van der Waals surface area contributed by atoms with E-state index in [0.717, 1.165) is 16.2 Å². The standard InChI is InChI=1S/C18H18FN3O2S2/c1-11(10-23)8-14-15(22-18(26-14)17-20-6-7-25-17)16(24)21-9-12-2-4-13(19)5-3-12/h2-4,6-8,13,23H,5,9-10H2,1H3,(H,21,24)/b11-8+. The van der Waals surface area contributed by atoms with E-state index >= 15 is 0 Å². The number of carbonyl (C=O) groups is 1. The van der Waals surface area contributed by atoms with Gasteiger partial charge in [-0.25, -0.2) is 14.4 Å². The summed E-state index contributed by atoms with van der Waals surface area (Å²) in [7, 11) is 0. The third kappa shape index (κ3) is 4.51. The highest BCUT2D eigenvalue weighted by Gasteiger charge is 2.19. The largest absolute Gasteiger partial charge is 0.392 e. The van der Waals surface area contributed by atoms with Crippen LogP contribution in [0.15, 0.2) is 41.0 Å². The highest BCUT2D eigenvalue weighted by atomic mass is 32.1. The van der Waals surface area contributed by atoms with Crippen LogP contribution in [0.1, 0.15) is 28.7 Å². The molecule has 136 valence electrons. The fourth-order valence-corrected chi connectivity index (χ4v) is 4.09. The van der Waals surface area contributed by atoms with E-state index in [1.807, 2.05) is 5.38 Å². The number of hydrogen-bond acceptors (Lipinski definition) is 6. The van der Waals surface area contributed by atoms with Crippen molar-refractivity contribution in [3.63, 3.8) is 0 Å². The number of alkyl halides is 1. The Bertz CT molecular complexity index is 869. The number of amides is 1. The third-order valence-electron chi connectivity index (χ3n) is 3.69. The van der Waals surface area contributed by atoms with Crippen molar-refractivity contribution in [1.82, 2.24) is 15.3 Å². The van der Waals surface area contributed by atoms with Crippen LogP contribution in [0.25, 0.3) is 16.1 Å². The number of halogens is 1. The maximum Gasteiger partial charge on any atom is 0.271 e. The second kappa shape index (κ2) is 8.48.